The number of hydrogen-bond donors (Lipinski definition) is 1. The number of carboxylic acid groups (broad SMARTS) is 1. The highest BCUT2D eigenvalue weighted by molar-refractivity contribution is 6.31. The second-order valence-electron chi connectivity index (χ2n) is 5.24. The molecule has 25 heavy (non-hydrogen) atoms. The number of rotatable bonds is 4. The Morgan fingerprint density at radius 1 is 1.24 bits per heavy atom. The standard InChI is InChI=1S/C16H14F3N3O3/c1-10(11-3-2-6-20-7-11)22(14(23)15(24)25)9-13-5-4-12(8-21-13)16(17,18)19/h2-8,10H,9H2,1H3,(H,24,25). The van der Waals surface area contributed by atoms with Crippen molar-refractivity contribution in [2.75, 3.05) is 0 Å². The van der Waals surface area contributed by atoms with Crippen LogP contribution in [-0.2, 0) is 22.3 Å². The number of aliphatic carboxylic acids is 1. The summed E-state index contributed by atoms with van der Waals surface area (Å²) in [7, 11) is 0. The van der Waals surface area contributed by atoms with Crippen molar-refractivity contribution in [2.45, 2.75) is 25.7 Å². The molecule has 1 N–H and O–H groups in total. The molecule has 0 bridgehead atoms. The zero-order chi connectivity index (χ0) is 18.6. The maximum absolute atomic E-state index is 12.6. The van der Waals surface area contributed by atoms with E-state index in [1.165, 1.54) is 12.4 Å². The van der Waals surface area contributed by atoms with Gasteiger partial charge in [-0.1, -0.05) is 6.07 Å². The van der Waals surface area contributed by atoms with E-state index < -0.39 is 29.7 Å². The minimum Gasteiger partial charge on any atom is -0.474 e. The van der Waals surface area contributed by atoms with Crippen LogP contribution in [0, 0.1) is 0 Å². The minimum absolute atomic E-state index is 0.137. The zero-order valence-corrected chi connectivity index (χ0v) is 13.1. The minimum atomic E-state index is -4.52. The van der Waals surface area contributed by atoms with Gasteiger partial charge in [0.15, 0.2) is 0 Å². The Morgan fingerprint density at radius 3 is 2.44 bits per heavy atom. The van der Waals surface area contributed by atoms with E-state index in [0.717, 1.165) is 17.0 Å². The van der Waals surface area contributed by atoms with Crippen molar-refractivity contribution in [2.24, 2.45) is 0 Å². The van der Waals surface area contributed by atoms with E-state index in [2.05, 4.69) is 9.97 Å². The van der Waals surface area contributed by atoms with E-state index >= 15 is 0 Å². The number of carbonyl (C=O) groups excluding carboxylic acids is 1. The largest absolute Gasteiger partial charge is 0.474 e. The third kappa shape index (κ3) is 4.52. The van der Waals surface area contributed by atoms with Crippen molar-refractivity contribution < 1.29 is 27.9 Å². The normalized spacial score (nSPS) is 12.5. The molecule has 0 saturated carbocycles. The average molecular weight is 353 g/mol. The number of amides is 1. The number of carboxylic acids is 1. The first kappa shape index (κ1) is 18.4. The van der Waals surface area contributed by atoms with Crippen molar-refractivity contribution >= 4 is 11.9 Å². The van der Waals surface area contributed by atoms with Crippen LogP contribution in [0.25, 0.3) is 0 Å². The SMILES string of the molecule is CC(c1cccnc1)N(Cc1ccc(C(F)(F)F)cn1)C(=O)C(=O)O. The molecule has 0 aromatic carbocycles. The third-order valence-electron chi connectivity index (χ3n) is 3.56. The van der Waals surface area contributed by atoms with E-state index in [-0.39, 0.29) is 12.2 Å². The summed E-state index contributed by atoms with van der Waals surface area (Å²) in [6, 6.07) is 4.59. The van der Waals surface area contributed by atoms with Gasteiger partial charge < -0.3 is 10.0 Å². The van der Waals surface area contributed by atoms with E-state index in [4.69, 9.17) is 5.11 Å². The maximum Gasteiger partial charge on any atom is 0.417 e. The van der Waals surface area contributed by atoms with Crippen LogP contribution in [-0.4, -0.2) is 31.9 Å². The fourth-order valence-electron chi connectivity index (χ4n) is 2.17. The van der Waals surface area contributed by atoms with Crippen LogP contribution < -0.4 is 0 Å². The summed E-state index contributed by atoms with van der Waals surface area (Å²) in [5.41, 5.74) is -0.199. The molecule has 9 heteroatoms. The van der Waals surface area contributed by atoms with Gasteiger partial charge in [0.05, 0.1) is 23.8 Å². The van der Waals surface area contributed by atoms with Crippen molar-refractivity contribution in [3.63, 3.8) is 0 Å². The molecule has 2 heterocycles. The third-order valence-corrected chi connectivity index (χ3v) is 3.56. The van der Waals surface area contributed by atoms with Gasteiger partial charge in [0, 0.05) is 18.6 Å². The van der Waals surface area contributed by atoms with Gasteiger partial charge in [-0.15, -0.1) is 0 Å². The molecule has 0 aliphatic carbocycles. The molecule has 1 atom stereocenters. The number of pyridine rings is 2. The molecular formula is C16H14F3N3O3. The van der Waals surface area contributed by atoms with Gasteiger partial charge in [-0.05, 0) is 30.7 Å². The molecule has 0 spiro atoms. The van der Waals surface area contributed by atoms with Crippen molar-refractivity contribution in [3.8, 4) is 0 Å². The highest BCUT2D eigenvalue weighted by atomic mass is 19.4. The quantitative estimate of drug-likeness (QED) is 0.855. The fraction of sp³-hybridized carbons (Fsp3) is 0.250. The van der Waals surface area contributed by atoms with E-state index in [1.54, 1.807) is 19.1 Å². The molecule has 2 aromatic rings. The first-order valence-corrected chi connectivity index (χ1v) is 7.16. The van der Waals surface area contributed by atoms with Gasteiger partial charge >= 0.3 is 18.1 Å². The topological polar surface area (TPSA) is 83.4 Å². The molecule has 6 nitrogen and oxygen atoms in total. The summed E-state index contributed by atoms with van der Waals surface area (Å²) < 4.78 is 37.7. The molecule has 132 valence electrons. The van der Waals surface area contributed by atoms with Crippen molar-refractivity contribution in [1.29, 1.82) is 0 Å². The first-order valence-electron chi connectivity index (χ1n) is 7.16. The van der Waals surface area contributed by atoms with Gasteiger partial charge in [-0.25, -0.2) is 4.79 Å². The van der Waals surface area contributed by atoms with Gasteiger partial charge in [0.25, 0.3) is 0 Å². The Kier molecular flexibility index (Phi) is 5.35. The van der Waals surface area contributed by atoms with E-state index in [9.17, 15) is 22.8 Å². The van der Waals surface area contributed by atoms with Crippen LogP contribution in [0.2, 0.25) is 0 Å². The number of hydrogen-bond acceptors (Lipinski definition) is 4. The summed E-state index contributed by atoms with van der Waals surface area (Å²) in [6.45, 7) is 1.35. The molecule has 0 aliphatic heterocycles. The lowest BCUT2D eigenvalue weighted by Crippen LogP contribution is -2.38. The predicted octanol–water partition coefficient (Wildman–Crippen LogP) is 2.67. The summed E-state index contributed by atoms with van der Waals surface area (Å²) in [4.78, 5) is 31.7. The molecular weight excluding hydrogens is 339 g/mol. The summed E-state index contributed by atoms with van der Waals surface area (Å²) >= 11 is 0. The second-order valence-corrected chi connectivity index (χ2v) is 5.24. The van der Waals surface area contributed by atoms with Gasteiger partial charge in [0.1, 0.15) is 0 Å². The molecule has 1 amide bonds. The van der Waals surface area contributed by atoms with Crippen LogP contribution >= 0.6 is 0 Å². The lowest BCUT2D eigenvalue weighted by Gasteiger charge is -2.27. The van der Waals surface area contributed by atoms with Gasteiger partial charge in [-0.3, -0.25) is 14.8 Å². The fourth-order valence-corrected chi connectivity index (χ4v) is 2.17. The Labute approximate surface area is 140 Å². The predicted molar refractivity (Wildman–Crippen MR) is 80.1 cm³/mol. The number of carbonyl (C=O) groups is 2. The van der Waals surface area contributed by atoms with Crippen molar-refractivity contribution in [1.82, 2.24) is 14.9 Å². The summed E-state index contributed by atoms with van der Waals surface area (Å²) in [6.07, 6.45) is -0.872. The Bertz CT molecular complexity index is 749. The monoisotopic (exact) mass is 353 g/mol. The van der Waals surface area contributed by atoms with Crippen LogP contribution in [0.4, 0.5) is 13.2 Å². The molecule has 0 radical (unpaired) electrons. The molecule has 1 unspecified atom stereocenters. The van der Waals surface area contributed by atoms with Crippen LogP contribution in [0.1, 0.15) is 29.8 Å². The number of halogens is 3. The van der Waals surface area contributed by atoms with E-state index in [1.807, 2.05) is 0 Å². The van der Waals surface area contributed by atoms with E-state index in [0.29, 0.717) is 11.8 Å². The smallest absolute Gasteiger partial charge is 0.417 e. The lowest BCUT2D eigenvalue weighted by molar-refractivity contribution is -0.157. The highest BCUT2D eigenvalue weighted by Crippen LogP contribution is 2.29. The number of alkyl halides is 3. The zero-order valence-electron chi connectivity index (χ0n) is 13.1. The van der Waals surface area contributed by atoms with Gasteiger partial charge in [0.2, 0.25) is 0 Å². The Morgan fingerprint density at radius 2 is 1.96 bits per heavy atom. The first-order chi connectivity index (χ1) is 11.7. The average Bonchev–Trinajstić information content (AvgIpc) is 2.59. The van der Waals surface area contributed by atoms with Crippen molar-refractivity contribution in [3.05, 3.63) is 59.7 Å². The number of nitrogens with zero attached hydrogens (tertiary/aromatic N) is 3. The highest BCUT2D eigenvalue weighted by Gasteiger charge is 2.31. The summed E-state index contributed by atoms with van der Waals surface area (Å²) in [5.74, 6) is -2.85. The molecule has 0 fully saturated rings. The number of aromatic nitrogens is 2. The molecule has 2 aromatic heterocycles. The Balaban J connectivity index is 2.28. The second kappa shape index (κ2) is 7.29. The van der Waals surface area contributed by atoms with Crippen LogP contribution in [0.3, 0.4) is 0 Å². The van der Waals surface area contributed by atoms with Crippen LogP contribution in [0.15, 0.2) is 42.9 Å². The molecule has 2 rings (SSSR count). The maximum atomic E-state index is 12.6. The lowest BCUT2D eigenvalue weighted by atomic mass is 10.1. The molecule has 0 aliphatic rings. The molecule has 0 saturated heterocycles. The van der Waals surface area contributed by atoms with Gasteiger partial charge in [-0.2, -0.15) is 13.2 Å². The summed E-state index contributed by atoms with van der Waals surface area (Å²) in [5, 5.41) is 9.00. The Hall–Kier alpha value is -2.97. The van der Waals surface area contributed by atoms with Crippen LogP contribution in [0.5, 0.6) is 0 Å².